The van der Waals surface area contributed by atoms with E-state index in [4.69, 9.17) is 0 Å². The van der Waals surface area contributed by atoms with Gasteiger partial charge < -0.3 is 5.32 Å². The highest BCUT2D eigenvalue weighted by Gasteiger charge is 2.01. The molecular weight excluding hydrogens is 469 g/mol. The van der Waals surface area contributed by atoms with Gasteiger partial charge in [0.15, 0.2) is 0 Å². The number of hydrogen-bond acceptors (Lipinski definition) is 1. The second kappa shape index (κ2) is 6.39. The van der Waals surface area contributed by atoms with E-state index in [1.54, 1.807) is 0 Å². The van der Waals surface area contributed by atoms with E-state index < -0.39 is 0 Å². The first-order valence-electron chi connectivity index (χ1n) is 5.50. The zero-order valence-electron chi connectivity index (χ0n) is 9.81. The molecule has 0 atom stereocenters. The fourth-order valence-electron chi connectivity index (χ4n) is 1.67. The number of nitrogens with one attached hydrogen (secondary N) is 1. The van der Waals surface area contributed by atoms with E-state index in [-0.39, 0.29) is 0 Å². The Hall–Kier alpha value is -0.0700. The monoisotopic (exact) mass is 479 g/mol. The summed E-state index contributed by atoms with van der Waals surface area (Å²) in [6.07, 6.45) is 0. The SMILES string of the molecule is Cc1cc(I)ccc1NCc1ccc(Br)c(Br)c1. The molecule has 0 heterocycles. The van der Waals surface area contributed by atoms with Crippen molar-refractivity contribution in [2.24, 2.45) is 0 Å². The van der Waals surface area contributed by atoms with Gasteiger partial charge in [0.1, 0.15) is 0 Å². The Balaban J connectivity index is 2.09. The van der Waals surface area contributed by atoms with Crippen molar-refractivity contribution >= 4 is 60.1 Å². The van der Waals surface area contributed by atoms with Gasteiger partial charge in [-0.3, -0.25) is 0 Å². The van der Waals surface area contributed by atoms with Crippen molar-refractivity contribution in [3.05, 3.63) is 60.0 Å². The van der Waals surface area contributed by atoms with Gasteiger partial charge in [-0.05, 0) is 103 Å². The molecule has 2 aromatic rings. The first kappa shape index (κ1) is 14.3. The molecule has 4 heteroatoms. The Morgan fingerprint density at radius 3 is 2.50 bits per heavy atom. The Morgan fingerprint density at radius 2 is 1.83 bits per heavy atom. The van der Waals surface area contributed by atoms with E-state index in [1.807, 2.05) is 0 Å². The number of rotatable bonds is 3. The lowest BCUT2D eigenvalue weighted by atomic mass is 10.2. The number of halogens is 3. The van der Waals surface area contributed by atoms with Crippen LogP contribution >= 0.6 is 54.5 Å². The summed E-state index contributed by atoms with van der Waals surface area (Å²) in [6, 6.07) is 12.7. The number of benzene rings is 2. The molecule has 0 radical (unpaired) electrons. The Labute approximate surface area is 138 Å². The van der Waals surface area contributed by atoms with Crippen molar-refractivity contribution in [3.8, 4) is 0 Å². The largest absolute Gasteiger partial charge is 0.381 e. The van der Waals surface area contributed by atoms with Crippen LogP contribution in [0, 0.1) is 10.5 Å². The second-order valence-corrected chi connectivity index (χ2v) is 7.02. The smallest absolute Gasteiger partial charge is 0.0401 e. The molecule has 94 valence electrons. The molecule has 0 saturated carbocycles. The third-order valence-electron chi connectivity index (χ3n) is 2.66. The summed E-state index contributed by atoms with van der Waals surface area (Å²) in [5.41, 5.74) is 3.72. The standard InChI is InChI=1S/C14H12Br2IN/c1-9-6-11(17)3-5-14(9)18-8-10-2-4-12(15)13(16)7-10/h2-7,18H,8H2,1H3. The van der Waals surface area contributed by atoms with Crippen LogP contribution in [0.5, 0.6) is 0 Å². The molecule has 0 amide bonds. The molecule has 1 N–H and O–H groups in total. The van der Waals surface area contributed by atoms with Gasteiger partial charge in [-0.25, -0.2) is 0 Å². The van der Waals surface area contributed by atoms with Crippen LogP contribution in [0.4, 0.5) is 5.69 Å². The molecule has 2 rings (SSSR count). The first-order valence-corrected chi connectivity index (χ1v) is 8.16. The van der Waals surface area contributed by atoms with Crippen LogP contribution in [-0.2, 0) is 6.54 Å². The van der Waals surface area contributed by atoms with Crippen LogP contribution in [0.25, 0.3) is 0 Å². The molecule has 0 aliphatic heterocycles. The lowest BCUT2D eigenvalue weighted by Crippen LogP contribution is -2.01. The maximum atomic E-state index is 3.52. The molecule has 0 spiro atoms. The van der Waals surface area contributed by atoms with Gasteiger partial charge >= 0.3 is 0 Å². The zero-order chi connectivity index (χ0) is 13.1. The van der Waals surface area contributed by atoms with E-state index >= 15 is 0 Å². The summed E-state index contributed by atoms with van der Waals surface area (Å²) < 4.78 is 3.43. The summed E-state index contributed by atoms with van der Waals surface area (Å²) in [7, 11) is 0. The highest BCUT2D eigenvalue weighted by atomic mass is 127. The fraction of sp³-hybridized carbons (Fsp3) is 0.143. The Bertz CT molecular complexity index is 570. The van der Waals surface area contributed by atoms with Crippen LogP contribution in [0.1, 0.15) is 11.1 Å². The van der Waals surface area contributed by atoms with Gasteiger partial charge in [-0.2, -0.15) is 0 Å². The lowest BCUT2D eigenvalue weighted by Gasteiger charge is -2.10. The quantitative estimate of drug-likeness (QED) is 0.553. The van der Waals surface area contributed by atoms with Crippen molar-refractivity contribution in [1.29, 1.82) is 0 Å². The molecule has 0 saturated heterocycles. The maximum Gasteiger partial charge on any atom is 0.0401 e. The summed E-state index contributed by atoms with van der Waals surface area (Å²) in [4.78, 5) is 0. The van der Waals surface area contributed by atoms with E-state index in [2.05, 4.69) is 103 Å². The topological polar surface area (TPSA) is 12.0 Å². The molecule has 0 fully saturated rings. The van der Waals surface area contributed by atoms with Crippen molar-refractivity contribution in [2.45, 2.75) is 13.5 Å². The van der Waals surface area contributed by atoms with Crippen molar-refractivity contribution < 1.29 is 0 Å². The summed E-state index contributed by atoms with van der Waals surface area (Å²) in [5, 5.41) is 3.46. The highest BCUT2D eigenvalue weighted by Crippen LogP contribution is 2.24. The summed E-state index contributed by atoms with van der Waals surface area (Å²) in [6.45, 7) is 2.95. The highest BCUT2D eigenvalue weighted by molar-refractivity contribution is 14.1. The van der Waals surface area contributed by atoms with E-state index in [0.29, 0.717) is 0 Å². The van der Waals surface area contributed by atoms with E-state index in [0.717, 1.165) is 15.5 Å². The van der Waals surface area contributed by atoms with Gasteiger partial charge in [0.25, 0.3) is 0 Å². The van der Waals surface area contributed by atoms with Crippen LogP contribution < -0.4 is 5.32 Å². The van der Waals surface area contributed by atoms with Crippen LogP contribution in [0.3, 0.4) is 0 Å². The average Bonchev–Trinajstić information content (AvgIpc) is 2.32. The van der Waals surface area contributed by atoms with Gasteiger partial charge in [0, 0.05) is 24.7 Å². The van der Waals surface area contributed by atoms with Crippen molar-refractivity contribution in [3.63, 3.8) is 0 Å². The molecule has 0 aliphatic carbocycles. The third-order valence-corrected chi connectivity index (χ3v) is 5.21. The maximum absolute atomic E-state index is 3.52. The molecule has 0 aromatic heterocycles. The Morgan fingerprint density at radius 1 is 1.06 bits per heavy atom. The lowest BCUT2D eigenvalue weighted by molar-refractivity contribution is 1.13. The molecule has 0 aliphatic rings. The van der Waals surface area contributed by atoms with E-state index in [1.165, 1.54) is 20.4 Å². The second-order valence-electron chi connectivity index (χ2n) is 4.06. The predicted molar refractivity (Wildman–Crippen MR) is 93.1 cm³/mol. The summed E-state index contributed by atoms with van der Waals surface area (Å²) >= 11 is 9.33. The summed E-state index contributed by atoms with van der Waals surface area (Å²) in [5.74, 6) is 0. The minimum absolute atomic E-state index is 0.827. The first-order chi connectivity index (χ1) is 8.56. The number of hydrogen-bond donors (Lipinski definition) is 1. The molecule has 0 bridgehead atoms. The van der Waals surface area contributed by atoms with Gasteiger partial charge in [0.2, 0.25) is 0 Å². The fourth-order valence-corrected chi connectivity index (χ4v) is 2.99. The zero-order valence-corrected chi connectivity index (χ0v) is 15.1. The van der Waals surface area contributed by atoms with Gasteiger partial charge in [0.05, 0.1) is 0 Å². The van der Waals surface area contributed by atoms with Gasteiger partial charge in [-0.15, -0.1) is 0 Å². The minimum atomic E-state index is 0.827. The van der Waals surface area contributed by atoms with Gasteiger partial charge in [-0.1, -0.05) is 6.07 Å². The molecule has 18 heavy (non-hydrogen) atoms. The molecule has 1 nitrogen and oxygen atoms in total. The molecular formula is C14H12Br2IN. The van der Waals surface area contributed by atoms with Crippen LogP contribution in [-0.4, -0.2) is 0 Å². The number of anilines is 1. The third kappa shape index (κ3) is 3.71. The van der Waals surface area contributed by atoms with Crippen LogP contribution in [0.2, 0.25) is 0 Å². The normalized spacial score (nSPS) is 10.4. The van der Waals surface area contributed by atoms with E-state index in [9.17, 15) is 0 Å². The molecule has 2 aromatic carbocycles. The van der Waals surface area contributed by atoms with Crippen LogP contribution in [0.15, 0.2) is 45.3 Å². The molecule has 0 unspecified atom stereocenters. The Kier molecular flexibility index (Phi) is 5.09. The van der Waals surface area contributed by atoms with Crippen molar-refractivity contribution in [2.75, 3.05) is 5.32 Å². The predicted octanol–water partition coefficient (Wildman–Crippen LogP) is 5.74. The minimum Gasteiger partial charge on any atom is -0.381 e. The average molecular weight is 481 g/mol. The van der Waals surface area contributed by atoms with Crippen molar-refractivity contribution in [1.82, 2.24) is 0 Å². The number of aryl methyl sites for hydroxylation is 1.